The van der Waals surface area contributed by atoms with Gasteiger partial charge in [-0.25, -0.2) is 0 Å². The number of anilines is 1. The molecule has 0 aromatic heterocycles. The van der Waals surface area contributed by atoms with Crippen molar-refractivity contribution in [3.63, 3.8) is 0 Å². The summed E-state index contributed by atoms with van der Waals surface area (Å²) in [4.78, 5) is 0. The Morgan fingerprint density at radius 2 is 1.67 bits per heavy atom. The fourth-order valence-electron chi connectivity index (χ4n) is 1.98. The van der Waals surface area contributed by atoms with Gasteiger partial charge in [0.1, 0.15) is 0 Å². The van der Waals surface area contributed by atoms with Gasteiger partial charge in [-0.2, -0.15) is 0 Å². The number of hydrogen-bond acceptors (Lipinski definition) is 3. The summed E-state index contributed by atoms with van der Waals surface area (Å²) in [6.07, 6.45) is 0. The number of hydrogen-bond donors (Lipinski definition) is 1. The molecular formula is C12H17NO2. The van der Waals surface area contributed by atoms with Crippen LogP contribution >= 0.6 is 0 Å². The second-order valence-corrected chi connectivity index (χ2v) is 4.14. The van der Waals surface area contributed by atoms with Gasteiger partial charge >= 0.3 is 0 Å². The minimum Gasteiger partial charge on any atom is -0.399 e. The van der Waals surface area contributed by atoms with E-state index in [9.17, 15) is 0 Å². The van der Waals surface area contributed by atoms with Crippen LogP contribution < -0.4 is 5.73 Å². The normalized spacial score (nSPS) is 19.7. The summed E-state index contributed by atoms with van der Waals surface area (Å²) in [5.74, 6) is -0.295. The van der Waals surface area contributed by atoms with E-state index in [1.807, 2.05) is 24.3 Å². The largest absolute Gasteiger partial charge is 0.399 e. The van der Waals surface area contributed by atoms with Gasteiger partial charge in [0.05, 0.1) is 13.2 Å². The highest BCUT2D eigenvalue weighted by atomic mass is 16.7. The zero-order valence-electron chi connectivity index (χ0n) is 9.19. The Kier molecular flexibility index (Phi) is 2.67. The van der Waals surface area contributed by atoms with Crippen molar-refractivity contribution in [3.8, 4) is 0 Å². The van der Waals surface area contributed by atoms with Crippen LogP contribution in [0.1, 0.15) is 19.4 Å². The van der Waals surface area contributed by atoms with E-state index >= 15 is 0 Å². The van der Waals surface area contributed by atoms with Crippen LogP contribution in [0, 0.1) is 5.92 Å². The molecule has 1 aromatic rings. The van der Waals surface area contributed by atoms with Crippen molar-refractivity contribution in [2.24, 2.45) is 5.92 Å². The molecule has 0 aliphatic carbocycles. The van der Waals surface area contributed by atoms with Crippen molar-refractivity contribution in [1.29, 1.82) is 0 Å². The summed E-state index contributed by atoms with van der Waals surface area (Å²) >= 11 is 0. The standard InChI is InChI=1S/C12H17NO2/c1-9(2)12(14-7-8-15-12)10-3-5-11(13)6-4-10/h3-6,9H,7-8,13H2,1-2H3. The van der Waals surface area contributed by atoms with Crippen LogP contribution in [-0.2, 0) is 15.3 Å². The summed E-state index contributed by atoms with van der Waals surface area (Å²) in [6.45, 7) is 5.51. The molecule has 0 saturated carbocycles. The van der Waals surface area contributed by atoms with E-state index in [0.717, 1.165) is 11.3 Å². The molecule has 0 bridgehead atoms. The zero-order chi connectivity index (χ0) is 10.9. The van der Waals surface area contributed by atoms with E-state index < -0.39 is 5.79 Å². The van der Waals surface area contributed by atoms with E-state index in [2.05, 4.69) is 13.8 Å². The Balaban J connectivity index is 2.36. The highest BCUT2D eigenvalue weighted by molar-refractivity contribution is 5.40. The Bertz CT molecular complexity index is 326. The predicted octanol–water partition coefficient (Wildman–Crippen LogP) is 2.12. The van der Waals surface area contributed by atoms with Gasteiger partial charge in [-0.1, -0.05) is 26.0 Å². The first-order valence-corrected chi connectivity index (χ1v) is 5.29. The lowest BCUT2D eigenvalue weighted by Gasteiger charge is -2.31. The number of benzene rings is 1. The van der Waals surface area contributed by atoms with Crippen molar-refractivity contribution >= 4 is 5.69 Å². The summed E-state index contributed by atoms with van der Waals surface area (Å²) in [5.41, 5.74) is 7.47. The number of rotatable bonds is 2. The summed E-state index contributed by atoms with van der Waals surface area (Å²) < 4.78 is 11.5. The van der Waals surface area contributed by atoms with Crippen LogP contribution in [-0.4, -0.2) is 13.2 Å². The van der Waals surface area contributed by atoms with Gasteiger partial charge in [0, 0.05) is 17.2 Å². The Hall–Kier alpha value is -1.06. The fourth-order valence-corrected chi connectivity index (χ4v) is 1.98. The van der Waals surface area contributed by atoms with Gasteiger partial charge in [-0.3, -0.25) is 0 Å². The van der Waals surface area contributed by atoms with Gasteiger partial charge in [0.25, 0.3) is 0 Å². The van der Waals surface area contributed by atoms with E-state index in [4.69, 9.17) is 15.2 Å². The van der Waals surface area contributed by atoms with E-state index in [-0.39, 0.29) is 5.92 Å². The Labute approximate surface area is 90.2 Å². The number of ether oxygens (including phenoxy) is 2. The average Bonchev–Trinajstić information content (AvgIpc) is 2.69. The lowest BCUT2D eigenvalue weighted by molar-refractivity contribution is -0.197. The molecule has 3 heteroatoms. The van der Waals surface area contributed by atoms with Crippen molar-refractivity contribution < 1.29 is 9.47 Å². The minimum absolute atomic E-state index is 0.281. The van der Waals surface area contributed by atoms with Gasteiger partial charge in [-0.15, -0.1) is 0 Å². The summed E-state index contributed by atoms with van der Waals surface area (Å²) in [6, 6.07) is 7.70. The maximum absolute atomic E-state index is 5.76. The highest BCUT2D eigenvalue weighted by Gasteiger charge is 2.41. The van der Waals surface area contributed by atoms with E-state index in [1.54, 1.807) is 0 Å². The molecule has 1 aliphatic rings. The first kappa shape index (κ1) is 10.5. The summed E-state index contributed by atoms with van der Waals surface area (Å²) in [5, 5.41) is 0. The molecule has 1 aliphatic heterocycles. The number of nitrogen functional groups attached to an aromatic ring is 1. The molecular weight excluding hydrogens is 190 g/mol. The molecule has 0 atom stereocenters. The molecule has 0 amide bonds. The van der Waals surface area contributed by atoms with Gasteiger partial charge in [-0.05, 0) is 12.1 Å². The molecule has 2 rings (SSSR count). The quantitative estimate of drug-likeness (QED) is 0.755. The third-order valence-electron chi connectivity index (χ3n) is 2.79. The molecule has 0 radical (unpaired) electrons. The minimum atomic E-state index is -0.576. The maximum Gasteiger partial charge on any atom is 0.197 e. The lowest BCUT2D eigenvalue weighted by atomic mass is 9.94. The Morgan fingerprint density at radius 1 is 1.13 bits per heavy atom. The molecule has 15 heavy (non-hydrogen) atoms. The Morgan fingerprint density at radius 3 is 2.13 bits per heavy atom. The molecule has 1 aromatic carbocycles. The molecule has 1 saturated heterocycles. The van der Waals surface area contributed by atoms with Crippen molar-refractivity contribution in [2.45, 2.75) is 19.6 Å². The predicted molar refractivity (Wildman–Crippen MR) is 59.3 cm³/mol. The van der Waals surface area contributed by atoms with Crippen LogP contribution in [0.5, 0.6) is 0 Å². The first-order valence-electron chi connectivity index (χ1n) is 5.29. The molecule has 82 valence electrons. The second kappa shape index (κ2) is 3.83. The molecule has 1 fully saturated rings. The van der Waals surface area contributed by atoms with E-state index in [1.165, 1.54) is 0 Å². The zero-order valence-corrected chi connectivity index (χ0v) is 9.19. The van der Waals surface area contributed by atoms with Gasteiger partial charge in [0.2, 0.25) is 0 Å². The van der Waals surface area contributed by atoms with Gasteiger partial charge in [0.15, 0.2) is 5.79 Å². The lowest BCUT2D eigenvalue weighted by Crippen LogP contribution is -2.33. The van der Waals surface area contributed by atoms with Crippen molar-refractivity contribution in [1.82, 2.24) is 0 Å². The van der Waals surface area contributed by atoms with Gasteiger partial charge < -0.3 is 15.2 Å². The molecule has 1 heterocycles. The van der Waals surface area contributed by atoms with Crippen LogP contribution in [0.3, 0.4) is 0 Å². The van der Waals surface area contributed by atoms with Crippen LogP contribution in [0.25, 0.3) is 0 Å². The monoisotopic (exact) mass is 207 g/mol. The summed E-state index contributed by atoms with van der Waals surface area (Å²) in [7, 11) is 0. The smallest absolute Gasteiger partial charge is 0.197 e. The highest BCUT2D eigenvalue weighted by Crippen LogP contribution is 2.38. The molecule has 2 N–H and O–H groups in total. The number of nitrogens with two attached hydrogens (primary N) is 1. The third-order valence-corrected chi connectivity index (χ3v) is 2.79. The van der Waals surface area contributed by atoms with Crippen LogP contribution in [0.4, 0.5) is 5.69 Å². The maximum atomic E-state index is 5.76. The fraction of sp³-hybridized carbons (Fsp3) is 0.500. The topological polar surface area (TPSA) is 44.5 Å². The third kappa shape index (κ3) is 1.73. The second-order valence-electron chi connectivity index (χ2n) is 4.14. The molecule has 0 spiro atoms. The van der Waals surface area contributed by atoms with Crippen molar-refractivity contribution in [2.75, 3.05) is 18.9 Å². The molecule has 3 nitrogen and oxygen atoms in total. The first-order chi connectivity index (χ1) is 7.15. The van der Waals surface area contributed by atoms with Crippen molar-refractivity contribution in [3.05, 3.63) is 29.8 Å². The van der Waals surface area contributed by atoms with Crippen LogP contribution in [0.15, 0.2) is 24.3 Å². The SMILES string of the molecule is CC(C)C1(c2ccc(N)cc2)OCCO1. The molecule has 0 unspecified atom stereocenters. The van der Waals surface area contributed by atoms with Crippen LogP contribution in [0.2, 0.25) is 0 Å². The van der Waals surface area contributed by atoms with E-state index in [0.29, 0.717) is 13.2 Å². The average molecular weight is 207 g/mol.